The van der Waals surface area contributed by atoms with Crippen molar-refractivity contribution < 1.29 is 31.9 Å². The van der Waals surface area contributed by atoms with Gasteiger partial charge in [0.25, 0.3) is 5.91 Å². The van der Waals surface area contributed by atoms with Crippen LogP contribution >= 0.6 is 0 Å². The fraction of sp³-hybridized carbons (Fsp3) is 0.636. The molecule has 0 aromatic carbocycles. The SMILES string of the molecule is C[C@H]1C[C@@]2(CCN1C(=O)OC(C)(C)C)N=C(c1ccc(C(F)(F)F)nc1C1(F)CC1)NC2=O. The molecule has 3 aliphatic rings. The second-order valence-corrected chi connectivity index (χ2v) is 9.98. The highest BCUT2D eigenvalue weighted by molar-refractivity contribution is 6.16. The zero-order valence-electron chi connectivity index (χ0n) is 18.8. The third-order valence-electron chi connectivity index (χ3n) is 6.09. The van der Waals surface area contributed by atoms with Crippen LogP contribution in [-0.4, -0.2) is 51.4 Å². The number of piperidine rings is 1. The molecule has 2 fully saturated rings. The van der Waals surface area contributed by atoms with Gasteiger partial charge in [-0.1, -0.05) is 0 Å². The van der Waals surface area contributed by atoms with E-state index in [2.05, 4.69) is 15.3 Å². The van der Waals surface area contributed by atoms with Gasteiger partial charge in [0.15, 0.2) is 5.67 Å². The first-order valence-corrected chi connectivity index (χ1v) is 10.8. The maximum atomic E-state index is 14.9. The van der Waals surface area contributed by atoms with Crippen LogP contribution in [0.15, 0.2) is 17.1 Å². The maximum Gasteiger partial charge on any atom is 0.433 e. The first-order chi connectivity index (χ1) is 15.1. The lowest BCUT2D eigenvalue weighted by Crippen LogP contribution is -2.55. The van der Waals surface area contributed by atoms with Gasteiger partial charge >= 0.3 is 12.3 Å². The molecule has 1 saturated heterocycles. The number of carbonyl (C=O) groups is 2. The van der Waals surface area contributed by atoms with Gasteiger partial charge < -0.3 is 15.0 Å². The highest BCUT2D eigenvalue weighted by Gasteiger charge is 2.53. The number of alkyl halides is 4. The fourth-order valence-electron chi connectivity index (χ4n) is 4.27. The first kappa shape index (κ1) is 23.4. The van der Waals surface area contributed by atoms with Gasteiger partial charge in [0.2, 0.25) is 0 Å². The van der Waals surface area contributed by atoms with Crippen molar-refractivity contribution in [2.45, 2.75) is 82.4 Å². The van der Waals surface area contributed by atoms with Crippen LogP contribution in [0.3, 0.4) is 0 Å². The number of aromatic nitrogens is 1. The van der Waals surface area contributed by atoms with Gasteiger partial charge in [-0.25, -0.2) is 14.2 Å². The lowest BCUT2D eigenvalue weighted by molar-refractivity contribution is -0.141. The Morgan fingerprint density at radius 1 is 1.21 bits per heavy atom. The van der Waals surface area contributed by atoms with Crippen molar-refractivity contribution in [1.82, 2.24) is 15.2 Å². The summed E-state index contributed by atoms with van der Waals surface area (Å²) >= 11 is 0. The van der Waals surface area contributed by atoms with E-state index in [1.54, 1.807) is 27.7 Å². The summed E-state index contributed by atoms with van der Waals surface area (Å²) in [6, 6.07) is 1.50. The molecule has 180 valence electrons. The van der Waals surface area contributed by atoms with Crippen LogP contribution in [0.1, 0.15) is 70.3 Å². The average molecular weight is 470 g/mol. The van der Waals surface area contributed by atoms with E-state index >= 15 is 0 Å². The minimum atomic E-state index is -4.72. The van der Waals surface area contributed by atoms with Crippen LogP contribution in [0, 0.1) is 0 Å². The third-order valence-corrected chi connectivity index (χ3v) is 6.09. The molecule has 7 nitrogen and oxygen atoms in total. The number of aliphatic imine (C=N–C) groups is 1. The topological polar surface area (TPSA) is 83.9 Å². The van der Waals surface area contributed by atoms with Gasteiger partial charge in [-0.3, -0.25) is 9.79 Å². The molecule has 1 aromatic heterocycles. The highest BCUT2D eigenvalue weighted by atomic mass is 19.4. The zero-order valence-corrected chi connectivity index (χ0v) is 18.8. The average Bonchev–Trinajstić information content (AvgIpc) is 3.35. The number of nitrogens with one attached hydrogen (secondary N) is 1. The van der Waals surface area contributed by atoms with Gasteiger partial charge in [-0.05, 0) is 59.1 Å². The quantitative estimate of drug-likeness (QED) is 0.660. The van der Waals surface area contributed by atoms with Crippen LogP contribution in [0.4, 0.5) is 22.4 Å². The Hall–Kier alpha value is -2.72. The van der Waals surface area contributed by atoms with Crippen LogP contribution in [0.5, 0.6) is 0 Å². The van der Waals surface area contributed by atoms with E-state index in [0.717, 1.165) is 12.1 Å². The molecule has 1 aromatic rings. The maximum absolute atomic E-state index is 14.9. The summed E-state index contributed by atoms with van der Waals surface area (Å²) in [5, 5.41) is 2.62. The molecule has 11 heteroatoms. The summed E-state index contributed by atoms with van der Waals surface area (Å²) in [4.78, 5) is 35.1. The summed E-state index contributed by atoms with van der Waals surface area (Å²) in [5.41, 5.74) is -5.32. The lowest BCUT2D eigenvalue weighted by Gasteiger charge is -2.40. The Bertz CT molecular complexity index is 1030. The first-order valence-electron chi connectivity index (χ1n) is 10.8. The van der Waals surface area contributed by atoms with E-state index in [4.69, 9.17) is 4.74 Å². The smallest absolute Gasteiger partial charge is 0.433 e. The Morgan fingerprint density at radius 2 is 1.88 bits per heavy atom. The summed E-state index contributed by atoms with van der Waals surface area (Å²) in [5.74, 6) is -0.416. The van der Waals surface area contributed by atoms with Crippen molar-refractivity contribution in [3.8, 4) is 0 Å². The van der Waals surface area contributed by atoms with Gasteiger partial charge in [-0.15, -0.1) is 0 Å². The number of nitrogens with zero attached hydrogens (tertiary/aromatic N) is 3. The summed E-state index contributed by atoms with van der Waals surface area (Å²) in [7, 11) is 0. The number of hydrogen-bond donors (Lipinski definition) is 1. The molecule has 1 aliphatic carbocycles. The highest BCUT2D eigenvalue weighted by Crippen LogP contribution is 2.50. The number of pyridine rings is 1. The van der Waals surface area contributed by atoms with E-state index in [0.29, 0.717) is 0 Å². The molecule has 33 heavy (non-hydrogen) atoms. The van der Waals surface area contributed by atoms with Gasteiger partial charge in [0, 0.05) is 24.6 Å². The van der Waals surface area contributed by atoms with Gasteiger partial charge in [0.1, 0.15) is 22.7 Å². The van der Waals surface area contributed by atoms with Crippen LogP contribution in [0.25, 0.3) is 0 Å². The van der Waals surface area contributed by atoms with Crippen molar-refractivity contribution in [2.24, 2.45) is 4.99 Å². The molecule has 2 aliphatic heterocycles. The van der Waals surface area contributed by atoms with Crippen molar-refractivity contribution in [1.29, 1.82) is 0 Å². The van der Waals surface area contributed by atoms with Crippen molar-refractivity contribution in [2.75, 3.05) is 6.54 Å². The van der Waals surface area contributed by atoms with E-state index in [-0.39, 0.29) is 55.4 Å². The lowest BCUT2D eigenvalue weighted by atomic mass is 9.84. The molecular weight excluding hydrogens is 444 g/mol. The number of amides is 2. The normalized spacial score (nSPS) is 26.8. The fourth-order valence-corrected chi connectivity index (χ4v) is 4.27. The Balaban J connectivity index is 1.62. The van der Waals surface area contributed by atoms with E-state index in [1.807, 2.05) is 0 Å². The van der Waals surface area contributed by atoms with Gasteiger partial charge in [0.05, 0.1) is 5.69 Å². The minimum Gasteiger partial charge on any atom is -0.444 e. The zero-order chi connectivity index (χ0) is 24.4. The summed E-state index contributed by atoms with van der Waals surface area (Å²) in [6.45, 7) is 7.27. The van der Waals surface area contributed by atoms with Crippen molar-refractivity contribution in [3.05, 3.63) is 29.1 Å². The molecule has 3 heterocycles. The Kier molecular flexibility index (Phi) is 5.25. The predicted molar refractivity (Wildman–Crippen MR) is 110 cm³/mol. The number of likely N-dealkylation sites (tertiary alicyclic amines) is 1. The second kappa shape index (κ2) is 7.39. The van der Waals surface area contributed by atoms with E-state index in [1.165, 1.54) is 4.90 Å². The van der Waals surface area contributed by atoms with Crippen LogP contribution in [-0.2, 0) is 21.4 Å². The van der Waals surface area contributed by atoms with Gasteiger partial charge in [-0.2, -0.15) is 13.2 Å². The van der Waals surface area contributed by atoms with E-state index < -0.39 is 40.7 Å². The minimum absolute atomic E-state index is 0.0121. The van der Waals surface area contributed by atoms with Crippen LogP contribution in [0.2, 0.25) is 0 Å². The number of halogens is 4. The molecule has 2 atom stereocenters. The van der Waals surface area contributed by atoms with Crippen LogP contribution < -0.4 is 5.32 Å². The number of rotatable bonds is 2. The molecular formula is C22H26F4N4O3. The number of ether oxygens (including phenoxy) is 1. The van der Waals surface area contributed by atoms with Crippen molar-refractivity contribution >= 4 is 17.8 Å². The summed E-state index contributed by atoms with van der Waals surface area (Å²) < 4.78 is 59.8. The molecule has 1 spiro atoms. The number of amidine groups is 1. The number of hydrogen-bond acceptors (Lipinski definition) is 5. The predicted octanol–water partition coefficient (Wildman–Crippen LogP) is 4.09. The molecule has 0 radical (unpaired) electrons. The molecule has 0 bridgehead atoms. The monoisotopic (exact) mass is 470 g/mol. The standard InChI is InChI=1S/C22H26F4N4O3/c1-12-11-21(9-10-30(12)18(32)33-19(2,3)4)17(31)28-16(29-21)13-5-6-14(22(24,25)26)27-15(13)20(23)7-8-20/h5-6,12H,7-11H2,1-4H3,(H,28,29,31)/t12-,21+/m0/s1. The third kappa shape index (κ3) is 4.41. The summed E-state index contributed by atoms with van der Waals surface area (Å²) in [6.07, 6.45) is -4.69. The molecule has 1 saturated carbocycles. The van der Waals surface area contributed by atoms with Crippen molar-refractivity contribution in [3.63, 3.8) is 0 Å². The second-order valence-electron chi connectivity index (χ2n) is 9.98. The Morgan fingerprint density at radius 3 is 2.42 bits per heavy atom. The van der Waals surface area contributed by atoms with E-state index in [9.17, 15) is 27.2 Å². The molecule has 0 unspecified atom stereocenters. The molecule has 1 N–H and O–H groups in total. The molecule has 4 rings (SSSR count). The molecule has 2 amide bonds. The largest absolute Gasteiger partial charge is 0.444 e. The number of carbonyl (C=O) groups excluding carboxylic acids is 2. The Labute approximate surface area is 188 Å².